The number of hydrogen-bond donors (Lipinski definition) is 2. The van der Waals surface area contributed by atoms with Crippen molar-refractivity contribution < 1.29 is 50.9 Å². The summed E-state index contributed by atoms with van der Waals surface area (Å²) in [6.07, 6.45) is -3.93. The third kappa shape index (κ3) is 8.21. The van der Waals surface area contributed by atoms with Crippen LogP contribution in [0, 0.1) is 18.8 Å². The molecule has 48 heavy (non-hydrogen) atoms. The van der Waals surface area contributed by atoms with Gasteiger partial charge in [-0.15, -0.1) is 11.3 Å². The van der Waals surface area contributed by atoms with Gasteiger partial charge in [0.15, 0.2) is 17.8 Å². The highest BCUT2D eigenvalue weighted by Crippen LogP contribution is 2.35. The summed E-state index contributed by atoms with van der Waals surface area (Å²) in [5.74, 6) is 0.129. The van der Waals surface area contributed by atoms with Crippen molar-refractivity contribution in [2.45, 2.75) is 69.6 Å². The van der Waals surface area contributed by atoms with Gasteiger partial charge in [-0.05, 0) is 55.5 Å². The first-order chi connectivity index (χ1) is 24.1. The van der Waals surface area contributed by atoms with Crippen molar-refractivity contribution in [3.8, 4) is 17.2 Å². The minimum atomic E-state index is -4.38. The second kappa shape index (κ2) is 15.0. The molecule has 2 aromatic carbocycles. The van der Waals surface area contributed by atoms with Gasteiger partial charge in [-0.25, -0.2) is 18.2 Å². The van der Waals surface area contributed by atoms with Gasteiger partial charge in [0.1, 0.15) is 21.2 Å². The molecule has 6 rings (SSSR count). The van der Waals surface area contributed by atoms with Crippen molar-refractivity contribution in [2.75, 3.05) is 33.0 Å². The summed E-state index contributed by atoms with van der Waals surface area (Å²) in [4.78, 5) is 17.5. The van der Waals surface area contributed by atoms with E-state index in [0.717, 1.165) is 21.1 Å². The van der Waals surface area contributed by atoms with Crippen LogP contribution in [-0.4, -0.2) is 86.5 Å². The molecule has 3 aromatic rings. The third-order valence-corrected chi connectivity index (χ3v) is 10.7. The van der Waals surface area contributed by atoms with Crippen LogP contribution in [0.15, 0.2) is 52.7 Å². The number of fused-ring (bicyclic) bond motifs is 2. The van der Waals surface area contributed by atoms with Gasteiger partial charge in [-0.3, -0.25) is 0 Å². The average molecular weight is 707 g/mol. The van der Waals surface area contributed by atoms with Gasteiger partial charge >= 0.3 is 6.09 Å². The Balaban J connectivity index is 1.22. The van der Waals surface area contributed by atoms with Crippen molar-refractivity contribution in [3.63, 3.8) is 0 Å². The number of hydrogen-bond acceptors (Lipinski definition) is 12. The predicted octanol–water partition coefficient (Wildman–Crippen LogP) is 3.87. The first kappa shape index (κ1) is 30.6. The Morgan fingerprint density at radius 3 is 2.73 bits per heavy atom. The molecule has 0 aliphatic carbocycles. The number of thiazole rings is 1. The number of rotatable bonds is 14. The van der Waals surface area contributed by atoms with Crippen molar-refractivity contribution in [2.24, 2.45) is 11.8 Å². The normalized spacial score (nSPS) is 24.0. The molecule has 4 heterocycles. The van der Waals surface area contributed by atoms with E-state index in [-0.39, 0.29) is 54.4 Å². The molecule has 0 spiro atoms. The lowest BCUT2D eigenvalue weighted by Crippen LogP contribution is -2.51. The maximum Gasteiger partial charge on any atom is 0.407 e. The molecule has 260 valence electrons. The summed E-state index contributed by atoms with van der Waals surface area (Å²) in [5, 5.41) is 17.3. The molecule has 0 saturated carbocycles. The molecule has 5 atom stereocenters. The fraction of sp³-hybridized carbons (Fsp3) is 0.515. The second-order valence-corrected chi connectivity index (χ2v) is 15.2. The fourth-order valence-electron chi connectivity index (χ4n) is 5.72. The molecule has 13 nitrogen and oxygen atoms in total. The molecular weight excluding hydrogens is 663 g/mol. The Labute approximate surface area is 288 Å². The van der Waals surface area contributed by atoms with E-state index in [9.17, 15) is 18.3 Å². The largest absolute Gasteiger partial charge is 0.487 e. The molecule has 1 amide bonds. The van der Waals surface area contributed by atoms with Crippen LogP contribution in [0.1, 0.15) is 40.6 Å². The minimum absolute atomic E-state index is 0.0342. The number of aryl methyl sites for hydroxylation is 1. The standard InChI is InChI=1S/C33H41N3O10S2/c1-20(2)14-36(48(39,40)25-8-9-29-30(13-25)45-19-44-29)15-28(37)27(35-33(38)46-31-17-43-32-26(31)10-11-41-32)12-22-4-6-24(7-5-22)42-16-23-18-47-21(3)34-23/h4-9,13,18,20,26-28,31-32,37H,10-12,14-17,19H2,1-3H3,(H,35,38)/t26-,27-,28-,31-,32+/m0/s1/i19D2,28D. The lowest BCUT2D eigenvalue weighted by Gasteiger charge is -2.31. The number of carbonyl (C=O) groups excluding carboxylic acids is 1. The quantitative estimate of drug-likeness (QED) is 0.251. The van der Waals surface area contributed by atoms with E-state index in [1.54, 1.807) is 38.1 Å². The van der Waals surface area contributed by atoms with Crippen LogP contribution >= 0.6 is 11.3 Å². The lowest BCUT2D eigenvalue weighted by atomic mass is 10.0. The van der Waals surface area contributed by atoms with Crippen molar-refractivity contribution in [1.82, 2.24) is 14.6 Å². The Kier molecular flexibility index (Phi) is 9.53. The number of nitrogens with one attached hydrogen (secondary N) is 1. The van der Waals surface area contributed by atoms with Gasteiger partial charge in [0.05, 0.1) is 48.2 Å². The topological polar surface area (TPSA) is 155 Å². The number of sulfonamides is 1. The molecule has 2 saturated heterocycles. The maximum absolute atomic E-state index is 14.0. The SMILES string of the molecule is [2H]C1([2H])Oc2ccc(S(=O)(=O)N(CC(C)C)C[C@]([2H])(O)[C@H](Cc3ccc(OCc4csc(C)n4)cc3)NC(=O)O[C@H]3CO[C@H]4OCC[C@H]43)cc2O1. The van der Waals surface area contributed by atoms with Crippen molar-refractivity contribution in [3.05, 3.63) is 64.1 Å². The van der Waals surface area contributed by atoms with Crippen molar-refractivity contribution in [1.29, 1.82) is 0 Å². The number of nitrogens with zero attached hydrogens (tertiary/aromatic N) is 2. The van der Waals surface area contributed by atoms with Gasteiger partial charge in [0.25, 0.3) is 0 Å². The molecule has 2 N–H and O–H groups in total. The van der Waals surface area contributed by atoms with Crippen LogP contribution in [0.4, 0.5) is 4.79 Å². The first-order valence-electron chi connectivity index (χ1n) is 17.2. The van der Waals surface area contributed by atoms with Crippen LogP contribution in [0.25, 0.3) is 0 Å². The third-order valence-electron chi connectivity index (χ3n) is 8.12. The van der Waals surface area contributed by atoms with E-state index in [1.165, 1.54) is 23.5 Å². The summed E-state index contributed by atoms with van der Waals surface area (Å²) >= 11 is 1.53. The first-order valence-corrected chi connectivity index (χ1v) is 18.0. The maximum atomic E-state index is 14.0. The highest BCUT2D eigenvalue weighted by atomic mass is 32.2. The van der Waals surface area contributed by atoms with Gasteiger partial charge in [-0.1, -0.05) is 26.0 Å². The summed E-state index contributed by atoms with van der Waals surface area (Å²) in [6, 6.07) is 9.23. The Hall–Kier alpha value is -3.47. The van der Waals surface area contributed by atoms with Gasteiger partial charge in [0, 0.05) is 24.5 Å². The van der Waals surface area contributed by atoms with Gasteiger partial charge in [0.2, 0.25) is 16.8 Å². The molecule has 0 radical (unpaired) electrons. The zero-order chi connectivity index (χ0) is 36.6. The fourth-order valence-corrected chi connectivity index (χ4v) is 7.91. The number of aliphatic hydroxyl groups is 1. The molecule has 2 fully saturated rings. The van der Waals surface area contributed by atoms with E-state index in [4.69, 9.17) is 32.5 Å². The zero-order valence-corrected chi connectivity index (χ0v) is 28.4. The minimum Gasteiger partial charge on any atom is -0.487 e. The highest BCUT2D eigenvalue weighted by molar-refractivity contribution is 7.89. The van der Waals surface area contributed by atoms with Gasteiger partial charge in [-0.2, -0.15) is 4.31 Å². The van der Waals surface area contributed by atoms with E-state index >= 15 is 0 Å². The lowest BCUT2D eigenvalue weighted by molar-refractivity contribution is -0.0907. The summed E-state index contributed by atoms with van der Waals surface area (Å²) in [6.45, 7) is 3.11. The molecule has 0 unspecified atom stereocenters. The van der Waals surface area contributed by atoms with Crippen molar-refractivity contribution >= 4 is 27.5 Å². The molecule has 3 aliphatic heterocycles. The summed E-state index contributed by atoms with van der Waals surface area (Å²) < 4.78 is 86.4. The number of carbonyl (C=O) groups is 1. The zero-order valence-electron chi connectivity index (χ0n) is 29.8. The van der Waals surface area contributed by atoms with Crippen LogP contribution in [-0.2, 0) is 37.3 Å². The number of benzene rings is 2. The van der Waals surface area contributed by atoms with Gasteiger partial charge < -0.3 is 38.8 Å². The number of amides is 1. The number of alkyl carbamates (subject to hydrolysis) is 1. The summed E-state index contributed by atoms with van der Waals surface area (Å²) in [5.41, 5.74) is 1.42. The highest BCUT2D eigenvalue weighted by Gasteiger charge is 2.44. The number of ether oxygens (including phenoxy) is 6. The molecule has 1 aromatic heterocycles. The van der Waals surface area contributed by atoms with E-state index in [1.807, 2.05) is 12.3 Å². The second-order valence-electron chi connectivity index (χ2n) is 12.2. The van der Waals surface area contributed by atoms with E-state index in [2.05, 4.69) is 10.3 Å². The van der Waals surface area contributed by atoms with Crippen LogP contribution in [0.3, 0.4) is 0 Å². The van der Waals surface area contributed by atoms with Crippen LogP contribution in [0.5, 0.6) is 17.2 Å². The molecule has 3 aliphatic rings. The van der Waals surface area contributed by atoms with E-state index in [0.29, 0.717) is 24.3 Å². The molecule has 15 heteroatoms. The average Bonchev–Trinajstić information content (AvgIpc) is 3.84. The monoisotopic (exact) mass is 706 g/mol. The molecule has 0 bridgehead atoms. The molecular formula is C33H41N3O10S2. The number of aromatic nitrogens is 1. The predicted molar refractivity (Wildman–Crippen MR) is 174 cm³/mol. The smallest absolute Gasteiger partial charge is 0.407 e. The Morgan fingerprint density at radius 2 is 1.98 bits per heavy atom. The Morgan fingerprint density at radius 1 is 1.19 bits per heavy atom. The summed E-state index contributed by atoms with van der Waals surface area (Å²) in [7, 11) is -4.38. The van der Waals surface area contributed by atoms with Crippen LogP contribution in [0.2, 0.25) is 0 Å². The van der Waals surface area contributed by atoms with Crippen LogP contribution < -0.4 is 19.5 Å². The Bertz CT molecular complexity index is 1810. The van der Waals surface area contributed by atoms with E-state index < -0.39 is 53.9 Å².